The fourth-order valence-corrected chi connectivity index (χ4v) is 2.19. The van der Waals surface area contributed by atoms with Crippen molar-refractivity contribution in [2.24, 2.45) is 0 Å². The Balaban J connectivity index is 1.86. The standard InChI is InChI=1S/C15H15Cl2N3O3/c1-10(20-13(21)11-5-4-7-18-12(11)16)9-23-14(22)15(17)6-2-3-8-19-15/h2-8,10,19H,9H2,1H3,(H,20,21)/t10-,15?/m0/s1. The number of carbonyl (C=O) groups excluding carboxylic acids is 2. The topological polar surface area (TPSA) is 80.3 Å². The summed E-state index contributed by atoms with van der Waals surface area (Å²) >= 11 is 11.9. The lowest BCUT2D eigenvalue weighted by Gasteiger charge is -2.24. The van der Waals surface area contributed by atoms with Crippen LogP contribution in [0.5, 0.6) is 0 Å². The number of nitrogens with one attached hydrogen (secondary N) is 2. The number of ether oxygens (including phenoxy) is 1. The zero-order valence-corrected chi connectivity index (χ0v) is 13.8. The van der Waals surface area contributed by atoms with E-state index in [0.29, 0.717) is 0 Å². The Bertz CT molecular complexity index is 663. The number of amides is 1. The number of pyridine rings is 1. The molecule has 8 heteroatoms. The molecule has 1 aromatic heterocycles. The fourth-order valence-electron chi connectivity index (χ4n) is 1.79. The van der Waals surface area contributed by atoms with E-state index in [0.717, 1.165) is 0 Å². The summed E-state index contributed by atoms with van der Waals surface area (Å²) in [5.74, 6) is -1.05. The third kappa shape index (κ3) is 4.46. The second-order valence-corrected chi connectivity index (χ2v) is 5.84. The highest BCUT2D eigenvalue weighted by Crippen LogP contribution is 2.18. The lowest BCUT2D eigenvalue weighted by molar-refractivity contribution is -0.146. The molecule has 2 heterocycles. The number of carbonyl (C=O) groups is 2. The van der Waals surface area contributed by atoms with E-state index >= 15 is 0 Å². The molecule has 0 aliphatic carbocycles. The molecule has 1 aliphatic heterocycles. The molecule has 23 heavy (non-hydrogen) atoms. The highest BCUT2D eigenvalue weighted by Gasteiger charge is 2.35. The minimum Gasteiger partial charge on any atom is -0.461 e. The van der Waals surface area contributed by atoms with E-state index < -0.39 is 22.9 Å². The van der Waals surface area contributed by atoms with Gasteiger partial charge in [-0.3, -0.25) is 4.79 Å². The molecule has 122 valence electrons. The van der Waals surface area contributed by atoms with E-state index in [1.165, 1.54) is 12.3 Å². The van der Waals surface area contributed by atoms with Crippen LogP contribution in [0.4, 0.5) is 0 Å². The minimum absolute atomic E-state index is 0.0316. The van der Waals surface area contributed by atoms with Crippen LogP contribution in [-0.2, 0) is 9.53 Å². The van der Waals surface area contributed by atoms with Crippen LogP contribution in [0.25, 0.3) is 0 Å². The van der Waals surface area contributed by atoms with Gasteiger partial charge >= 0.3 is 5.97 Å². The van der Waals surface area contributed by atoms with Crippen molar-refractivity contribution in [1.82, 2.24) is 15.6 Å². The molecule has 1 aromatic rings. The van der Waals surface area contributed by atoms with Crippen LogP contribution in [0.15, 0.2) is 42.8 Å². The van der Waals surface area contributed by atoms with Gasteiger partial charge in [0.15, 0.2) is 0 Å². The Hall–Kier alpha value is -2.05. The van der Waals surface area contributed by atoms with Gasteiger partial charge in [0, 0.05) is 6.20 Å². The van der Waals surface area contributed by atoms with Crippen LogP contribution in [-0.4, -0.2) is 34.5 Å². The summed E-state index contributed by atoms with van der Waals surface area (Å²) in [6.07, 6.45) is 7.86. The van der Waals surface area contributed by atoms with Gasteiger partial charge in [-0.05, 0) is 37.4 Å². The first-order chi connectivity index (χ1) is 10.9. The van der Waals surface area contributed by atoms with Crippen molar-refractivity contribution in [1.29, 1.82) is 0 Å². The lowest BCUT2D eigenvalue weighted by Crippen LogP contribution is -2.46. The molecule has 0 radical (unpaired) electrons. The number of allylic oxidation sites excluding steroid dienone is 2. The zero-order valence-electron chi connectivity index (χ0n) is 12.3. The number of nitrogens with zero attached hydrogens (tertiary/aromatic N) is 1. The maximum atomic E-state index is 12.1. The summed E-state index contributed by atoms with van der Waals surface area (Å²) in [5, 5.41) is 5.48. The highest BCUT2D eigenvalue weighted by molar-refractivity contribution is 6.35. The van der Waals surface area contributed by atoms with Crippen LogP contribution in [0.2, 0.25) is 5.15 Å². The van der Waals surface area contributed by atoms with E-state index in [9.17, 15) is 9.59 Å². The van der Waals surface area contributed by atoms with Crippen LogP contribution < -0.4 is 10.6 Å². The fraction of sp³-hybridized carbons (Fsp3) is 0.267. The molecule has 0 bridgehead atoms. The van der Waals surface area contributed by atoms with E-state index in [-0.39, 0.29) is 17.3 Å². The van der Waals surface area contributed by atoms with Gasteiger partial charge in [-0.15, -0.1) is 0 Å². The minimum atomic E-state index is -1.43. The van der Waals surface area contributed by atoms with Crippen LogP contribution in [0, 0.1) is 0 Å². The Labute approximate surface area is 143 Å². The van der Waals surface area contributed by atoms with E-state index in [4.69, 9.17) is 27.9 Å². The normalized spacial score (nSPS) is 20.5. The van der Waals surface area contributed by atoms with Crippen LogP contribution in [0.1, 0.15) is 17.3 Å². The van der Waals surface area contributed by atoms with Crippen LogP contribution >= 0.6 is 23.2 Å². The third-order valence-corrected chi connectivity index (χ3v) is 3.66. The van der Waals surface area contributed by atoms with Crippen LogP contribution in [0.3, 0.4) is 0 Å². The third-order valence-electron chi connectivity index (χ3n) is 2.97. The second kappa shape index (κ2) is 7.48. The quantitative estimate of drug-likeness (QED) is 0.365. The van der Waals surface area contributed by atoms with Crippen molar-refractivity contribution >= 4 is 35.1 Å². The molecular formula is C15H15Cl2N3O3. The molecule has 0 saturated heterocycles. The Kier molecular flexibility index (Phi) is 5.63. The number of aromatic nitrogens is 1. The molecule has 1 amide bonds. The van der Waals surface area contributed by atoms with Gasteiger partial charge in [-0.25, -0.2) is 9.78 Å². The second-order valence-electron chi connectivity index (χ2n) is 4.89. The molecule has 2 atom stereocenters. The number of alkyl halides is 1. The first-order valence-electron chi connectivity index (χ1n) is 6.82. The maximum Gasteiger partial charge on any atom is 0.351 e. The summed E-state index contributed by atoms with van der Waals surface area (Å²) in [6, 6.07) is 2.74. The van der Waals surface area contributed by atoms with Crippen molar-refractivity contribution in [2.45, 2.75) is 18.0 Å². The van der Waals surface area contributed by atoms with Gasteiger partial charge in [-0.1, -0.05) is 29.3 Å². The number of rotatable bonds is 5. The van der Waals surface area contributed by atoms with Gasteiger partial charge in [0.1, 0.15) is 11.8 Å². The summed E-state index contributed by atoms with van der Waals surface area (Å²) in [7, 11) is 0. The van der Waals surface area contributed by atoms with E-state index in [1.807, 2.05) is 0 Å². The lowest BCUT2D eigenvalue weighted by atomic mass is 10.2. The average Bonchev–Trinajstić information content (AvgIpc) is 2.53. The van der Waals surface area contributed by atoms with Gasteiger partial charge in [-0.2, -0.15) is 0 Å². The molecule has 1 aliphatic rings. The van der Waals surface area contributed by atoms with Crippen molar-refractivity contribution in [3.8, 4) is 0 Å². The van der Waals surface area contributed by atoms with Crippen molar-refractivity contribution in [2.75, 3.05) is 6.61 Å². The predicted octanol–water partition coefficient (Wildman–Crippen LogP) is 2.00. The molecular weight excluding hydrogens is 341 g/mol. The molecule has 2 N–H and O–H groups in total. The zero-order chi connectivity index (χ0) is 16.9. The Morgan fingerprint density at radius 2 is 2.26 bits per heavy atom. The van der Waals surface area contributed by atoms with Crippen molar-refractivity contribution in [3.05, 3.63) is 53.5 Å². The monoisotopic (exact) mass is 355 g/mol. The summed E-state index contributed by atoms with van der Waals surface area (Å²) in [4.78, 5) is 26.4. The summed E-state index contributed by atoms with van der Waals surface area (Å²) < 4.78 is 5.13. The Morgan fingerprint density at radius 1 is 1.48 bits per heavy atom. The number of esters is 1. The molecule has 6 nitrogen and oxygen atoms in total. The molecule has 1 unspecified atom stereocenters. The molecule has 0 saturated carbocycles. The SMILES string of the molecule is C[C@@H](COC(=O)C1(Cl)C=CC=CN1)NC(=O)c1cccnc1Cl. The van der Waals surface area contributed by atoms with Crippen molar-refractivity contribution in [3.63, 3.8) is 0 Å². The number of hydrogen-bond acceptors (Lipinski definition) is 5. The number of halogens is 2. The van der Waals surface area contributed by atoms with Gasteiger partial charge in [0.25, 0.3) is 5.91 Å². The summed E-state index contributed by atoms with van der Waals surface area (Å²) in [6.45, 7) is 1.66. The molecule has 0 aromatic carbocycles. The van der Waals surface area contributed by atoms with E-state index in [2.05, 4.69) is 15.6 Å². The smallest absolute Gasteiger partial charge is 0.351 e. The first-order valence-corrected chi connectivity index (χ1v) is 7.57. The Morgan fingerprint density at radius 3 is 2.91 bits per heavy atom. The maximum absolute atomic E-state index is 12.1. The van der Waals surface area contributed by atoms with Gasteiger partial charge < -0.3 is 15.4 Å². The number of dihydropyridines is 1. The summed E-state index contributed by atoms with van der Waals surface area (Å²) in [5.41, 5.74) is 0.253. The average molecular weight is 356 g/mol. The molecule has 0 fully saturated rings. The van der Waals surface area contributed by atoms with E-state index in [1.54, 1.807) is 37.4 Å². The first kappa shape index (κ1) is 17.3. The molecule has 0 spiro atoms. The van der Waals surface area contributed by atoms with Gasteiger partial charge in [0.2, 0.25) is 5.00 Å². The highest BCUT2D eigenvalue weighted by atomic mass is 35.5. The largest absolute Gasteiger partial charge is 0.461 e. The van der Waals surface area contributed by atoms with Gasteiger partial charge in [0.05, 0.1) is 11.6 Å². The predicted molar refractivity (Wildman–Crippen MR) is 87.1 cm³/mol. The number of hydrogen-bond donors (Lipinski definition) is 2. The molecule has 2 rings (SSSR count). The van der Waals surface area contributed by atoms with Crippen molar-refractivity contribution < 1.29 is 14.3 Å².